The molecule has 19 heavy (non-hydrogen) atoms. The van der Waals surface area contributed by atoms with E-state index >= 15 is 0 Å². The van der Waals surface area contributed by atoms with Gasteiger partial charge in [-0.05, 0) is 0 Å². The Morgan fingerprint density at radius 3 is 2.84 bits per heavy atom. The SMILES string of the molecule is O=c1[nH]cnc2c1ncn2[13C@@H]1O[13C@H]([13CH2]O)[13C@H](O)[13CH]1O. The third-order valence-corrected chi connectivity index (χ3v) is 3.16. The topological polar surface area (TPSA) is 133 Å². The van der Waals surface area contributed by atoms with E-state index < -0.39 is 36.7 Å². The van der Waals surface area contributed by atoms with Crippen LogP contribution in [0.5, 0.6) is 0 Å². The molecule has 0 amide bonds. The van der Waals surface area contributed by atoms with Crippen LogP contribution in [0, 0.1) is 0 Å². The molecule has 9 heteroatoms. The van der Waals surface area contributed by atoms with E-state index in [1.807, 2.05) is 0 Å². The first-order valence-electron chi connectivity index (χ1n) is 5.66. The highest BCUT2D eigenvalue weighted by molar-refractivity contribution is 5.68. The first kappa shape index (κ1) is 12.2. The van der Waals surface area contributed by atoms with Crippen molar-refractivity contribution in [1.82, 2.24) is 19.5 Å². The predicted octanol–water partition coefficient (Wildman–Crippen LogP) is -2.27. The Bertz CT molecular complexity index is 653. The minimum absolute atomic E-state index is 0.111. The maximum absolute atomic E-state index is 11.5. The molecular weight excluding hydrogens is 261 g/mol. The van der Waals surface area contributed by atoms with Crippen LogP contribution in [0.2, 0.25) is 0 Å². The van der Waals surface area contributed by atoms with Crippen molar-refractivity contribution in [3.8, 4) is 0 Å². The Kier molecular flexibility index (Phi) is 2.82. The normalized spacial score (nSPS) is 31.1. The van der Waals surface area contributed by atoms with Crippen LogP contribution >= 0.6 is 0 Å². The summed E-state index contributed by atoms with van der Waals surface area (Å²) in [6, 6.07) is 0. The molecule has 1 saturated heterocycles. The van der Waals surface area contributed by atoms with Gasteiger partial charge < -0.3 is 25.0 Å². The predicted molar refractivity (Wildman–Crippen MR) is 61.2 cm³/mol. The average molecular weight is 273 g/mol. The lowest BCUT2D eigenvalue weighted by molar-refractivity contribution is -0.0511. The molecule has 0 radical (unpaired) electrons. The highest BCUT2D eigenvalue weighted by atomic mass is 16.8. The Hall–Kier alpha value is -1.81. The van der Waals surface area contributed by atoms with Gasteiger partial charge in [-0.15, -0.1) is 0 Å². The van der Waals surface area contributed by atoms with Gasteiger partial charge in [0.25, 0.3) is 5.56 Å². The molecule has 4 N–H and O–H groups in total. The summed E-state index contributed by atoms with van der Waals surface area (Å²) >= 11 is 0. The molecule has 9 nitrogen and oxygen atoms in total. The second-order valence-corrected chi connectivity index (χ2v) is 4.28. The van der Waals surface area contributed by atoms with Gasteiger partial charge in [0.05, 0.1) is 19.3 Å². The van der Waals surface area contributed by atoms with E-state index in [-0.39, 0.29) is 11.2 Å². The molecule has 0 bridgehead atoms. The van der Waals surface area contributed by atoms with Gasteiger partial charge in [-0.25, -0.2) is 9.97 Å². The molecule has 1 unspecified atom stereocenters. The number of fused-ring (bicyclic) bond motifs is 1. The van der Waals surface area contributed by atoms with Crippen LogP contribution in [0.3, 0.4) is 0 Å². The van der Waals surface area contributed by atoms with Crippen molar-refractivity contribution in [3.05, 3.63) is 23.0 Å². The van der Waals surface area contributed by atoms with Gasteiger partial charge in [-0.3, -0.25) is 9.36 Å². The van der Waals surface area contributed by atoms with E-state index in [2.05, 4.69) is 15.0 Å². The number of aromatic amines is 1. The standard InChI is InChI=1S/C10H12N4O5/c15-1-4-6(16)7(17)10(19-4)14-3-13-5-8(14)11-2-12-9(5)18/h2-4,6-7,10,15-17H,1H2,(H,11,12,18)/t4-,6+,7?,10-/m1/s1/i1+1,4+1,6+1,7+1,10+1. The van der Waals surface area contributed by atoms with Crippen molar-refractivity contribution in [2.75, 3.05) is 6.61 Å². The summed E-state index contributed by atoms with van der Waals surface area (Å²) in [4.78, 5) is 21.8. The fraction of sp³-hybridized carbons (Fsp3) is 0.500. The Morgan fingerprint density at radius 2 is 2.16 bits per heavy atom. The number of H-pyrrole nitrogens is 1. The summed E-state index contributed by atoms with van der Waals surface area (Å²) in [5.41, 5.74) is -0.0608. The maximum Gasteiger partial charge on any atom is 0.278 e. The number of aliphatic hydroxyl groups excluding tert-OH is 3. The highest BCUT2D eigenvalue weighted by Crippen LogP contribution is 2.30. The highest BCUT2D eigenvalue weighted by Gasteiger charge is 2.43. The molecule has 0 aromatic carbocycles. The second kappa shape index (κ2) is 4.38. The zero-order valence-corrected chi connectivity index (χ0v) is 9.67. The molecule has 2 aromatic rings. The summed E-state index contributed by atoms with van der Waals surface area (Å²) in [5.74, 6) is 0. The van der Waals surface area contributed by atoms with Gasteiger partial charge in [-0.1, -0.05) is 0 Å². The van der Waals surface area contributed by atoms with E-state index in [0.29, 0.717) is 0 Å². The van der Waals surface area contributed by atoms with Crippen molar-refractivity contribution in [2.24, 2.45) is 0 Å². The molecule has 0 saturated carbocycles. The lowest BCUT2D eigenvalue weighted by Gasteiger charge is -2.16. The number of imidazole rings is 1. The van der Waals surface area contributed by atoms with Crippen LogP contribution in [-0.4, -0.2) is 59.8 Å². The van der Waals surface area contributed by atoms with Gasteiger partial charge >= 0.3 is 0 Å². The van der Waals surface area contributed by atoms with Gasteiger partial charge in [0.2, 0.25) is 0 Å². The largest absolute Gasteiger partial charge is 0.394 e. The zero-order chi connectivity index (χ0) is 13.6. The van der Waals surface area contributed by atoms with E-state index in [1.165, 1.54) is 17.2 Å². The Morgan fingerprint density at radius 1 is 1.37 bits per heavy atom. The number of hydrogen-bond donors (Lipinski definition) is 4. The van der Waals surface area contributed by atoms with E-state index in [0.717, 1.165) is 0 Å². The molecule has 102 valence electrons. The Labute approximate surface area is 106 Å². The molecule has 0 aliphatic carbocycles. The van der Waals surface area contributed by atoms with Crippen LogP contribution in [0.4, 0.5) is 0 Å². The van der Waals surface area contributed by atoms with Crippen LogP contribution in [0.15, 0.2) is 17.4 Å². The molecule has 0 spiro atoms. The molecule has 4 atom stereocenters. The second-order valence-electron chi connectivity index (χ2n) is 4.28. The van der Waals surface area contributed by atoms with E-state index in [1.54, 1.807) is 0 Å². The summed E-state index contributed by atoms with van der Waals surface area (Å²) in [6.07, 6.45) is -1.78. The fourth-order valence-electron chi connectivity index (χ4n) is 2.16. The number of hydrogen-bond acceptors (Lipinski definition) is 7. The molecular formula is C10H12N4O5. The quantitative estimate of drug-likeness (QED) is 0.453. The number of aromatic nitrogens is 4. The summed E-state index contributed by atoms with van der Waals surface area (Å²) in [5, 5.41) is 28.6. The van der Waals surface area contributed by atoms with Crippen LogP contribution in [0.1, 0.15) is 6.23 Å². The molecule has 3 heterocycles. The molecule has 1 aliphatic rings. The number of nitrogens with zero attached hydrogens (tertiary/aromatic N) is 3. The number of ether oxygens (including phenoxy) is 1. The monoisotopic (exact) mass is 273 g/mol. The van der Waals surface area contributed by atoms with Gasteiger partial charge in [-0.2, -0.15) is 0 Å². The van der Waals surface area contributed by atoms with Crippen molar-refractivity contribution in [1.29, 1.82) is 0 Å². The molecule has 3 rings (SSSR count). The average Bonchev–Trinajstić information content (AvgIpc) is 2.94. The fourth-order valence-corrected chi connectivity index (χ4v) is 2.16. The lowest BCUT2D eigenvalue weighted by atomic mass is 10.5. The number of aliphatic hydroxyl groups is 3. The molecule has 1 aliphatic heterocycles. The first-order chi connectivity index (χ1) is 9.13. The van der Waals surface area contributed by atoms with Gasteiger partial charge in [0, 0.05) is 0 Å². The van der Waals surface area contributed by atoms with Crippen molar-refractivity contribution in [2.45, 2.75) is 24.5 Å². The lowest BCUT2D eigenvalue weighted by Crippen LogP contribution is -2.33. The van der Waals surface area contributed by atoms with Crippen molar-refractivity contribution >= 4 is 11.2 Å². The molecule has 2 aromatic heterocycles. The minimum Gasteiger partial charge on any atom is -0.394 e. The number of rotatable bonds is 2. The number of nitrogens with one attached hydrogen (secondary N) is 1. The van der Waals surface area contributed by atoms with Crippen molar-refractivity contribution in [3.63, 3.8) is 0 Å². The van der Waals surface area contributed by atoms with E-state index in [4.69, 9.17) is 9.84 Å². The van der Waals surface area contributed by atoms with Crippen LogP contribution < -0.4 is 5.56 Å². The summed E-state index contributed by atoms with van der Waals surface area (Å²) in [7, 11) is 0. The third kappa shape index (κ3) is 1.75. The summed E-state index contributed by atoms with van der Waals surface area (Å²) in [6.45, 7) is -0.421. The maximum atomic E-state index is 11.5. The Balaban J connectivity index is 2.06. The minimum atomic E-state index is -1.24. The zero-order valence-electron chi connectivity index (χ0n) is 9.67. The van der Waals surface area contributed by atoms with Crippen LogP contribution in [0.25, 0.3) is 11.2 Å². The smallest absolute Gasteiger partial charge is 0.278 e. The van der Waals surface area contributed by atoms with Gasteiger partial charge in [0.1, 0.15) is 18.3 Å². The molecule has 1 fully saturated rings. The van der Waals surface area contributed by atoms with Gasteiger partial charge in [0.15, 0.2) is 17.4 Å². The van der Waals surface area contributed by atoms with Crippen molar-refractivity contribution < 1.29 is 20.1 Å². The first-order valence-corrected chi connectivity index (χ1v) is 5.66. The third-order valence-electron chi connectivity index (χ3n) is 3.16. The summed E-state index contributed by atoms with van der Waals surface area (Å²) < 4.78 is 6.70. The van der Waals surface area contributed by atoms with Crippen LogP contribution in [-0.2, 0) is 4.74 Å². The van der Waals surface area contributed by atoms with E-state index in [9.17, 15) is 15.0 Å².